The summed E-state index contributed by atoms with van der Waals surface area (Å²) in [7, 11) is 0. The predicted octanol–water partition coefficient (Wildman–Crippen LogP) is 6.50. The van der Waals surface area contributed by atoms with Crippen molar-refractivity contribution in [3.8, 4) is 0 Å². The van der Waals surface area contributed by atoms with Gasteiger partial charge in [-0.05, 0) is 94.5 Å². The smallest absolute Gasteiger partial charge is 0.0813 e. The molecule has 0 saturated heterocycles. The molecule has 196 valence electrons. The number of aliphatic hydroxyl groups excluding tert-OH is 2. The maximum atomic E-state index is 10.5. The van der Waals surface area contributed by atoms with Gasteiger partial charge in [-0.25, -0.2) is 0 Å². The third-order valence-electron chi connectivity index (χ3n) is 8.34. The maximum absolute atomic E-state index is 10.5. The normalized spacial score (nSPS) is 27.7. The zero-order chi connectivity index (χ0) is 25.2. The van der Waals surface area contributed by atoms with Crippen molar-refractivity contribution in [3.63, 3.8) is 0 Å². The second-order valence-corrected chi connectivity index (χ2v) is 11.6. The highest BCUT2D eigenvalue weighted by Gasteiger charge is 2.48. The van der Waals surface area contributed by atoms with Crippen molar-refractivity contribution >= 4 is 0 Å². The van der Waals surface area contributed by atoms with Gasteiger partial charge in [0.05, 0.1) is 18.3 Å². The van der Waals surface area contributed by atoms with Gasteiger partial charge in [0.25, 0.3) is 0 Å². The molecule has 0 amide bonds. The molecule has 0 aromatic heterocycles. The van der Waals surface area contributed by atoms with Crippen LogP contribution in [-0.2, 0) is 4.74 Å². The number of hydrogen-bond acceptors (Lipinski definition) is 4. The Kier molecular flexibility index (Phi) is 12.0. The van der Waals surface area contributed by atoms with Crippen LogP contribution in [0.4, 0.5) is 0 Å². The van der Waals surface area contributed by atoms with E-state index in [4.69, 9.17) is 9.84 Å². The molecule has 2 aliphatic carbocycles. The van der Waals surface area contributed by atoms with E-state index in [0.29, 0.717) is 37.4 Å². The molecular formula is C30H52O4. The van der Waals surface area contributed by atoms with Gasteiger partial charge in [0, 0.05) is 19.6 Å². The van der Waals surface area contributed by atoms with Gasteiger partial charge >= 0.3 is 0 Å². The van der Waals surface area contributed by atoms with E-state index in [-0.39, 0.29) is 6.61 Å². The van der Waals surface area contributed by atoms with Crippen LogP contribution in [0.15, 0.2) is 35.5 Å². The molecule has 4 unspecified atom stereocenters. The summed E-state index contributed by atoms with van der Waals surface area (Å²) >= 11 is 0. The molecule has 2 fully saturated rings. The number of aliphatic hydroxyl groups is 3. The Morgan fingerprint density at radius 2 is 2.03 bits per heavy atom. The van der Waals surface area contributed by atoms with Gasteiger partial charge in [0.1, 0.15) is 0 Å². The lowest BCUT2D eigenvalue weighted by Crippen LogP contribution is -2.33. The fourth-order valence-electron chi connectivity index (χ4n) is 6.23. The Bertz CT molecular complexity index is 686. The average Bonchev–Trinajstić information content (AvgIpc) is 3.12. The van der Waals surface area contributed by atoms with Crippen LogP contribution >= 0.6 is 0 Å². The number of unbranched alkanes of at least 4 members (excludes halogenated alkanes) is 1. The van der Waals surface area contributed by atoms with Crippen LogP contribution < -0.4 is 0 Å². The molecule has 0 spiro atoms. The minimum Gasteiger partial charge on any atom is -0.396 e. The van der Waals surface area contributed by atoms with Crippen LogP contribution in [-0.4, -0.2) is 46.8 Å². The van der Waals surface area contributed by atoms with E-state index in [9.17, 15) is 10.2 Å². The lowest BCUT2D eigenvalue weighted by molar-refractivity contribution is 0.0318. The van der Waals surface area contributed by atoms with Crippen LogP contribution in [0, 0.1) is 17.3 Å². The first-order valence-electron chi connectivity index (χ1n) is 13.8. The molecule has 4 heteroatoms. The summed E-state index contributed by atoms with van der Waals surface area (Å²) in [4.78, 5) is 0. The summed E-state index contributed by atoms with van der Waals surface area (Å²) in [6.07, 6.45) is 16.9. The second-order valence-electron chi connectivity index (χ2n) is 11.6. The van der Waals surface area contributed by atoms with E-state index >= 15 is 0 Å². The number of allylic oxidation sites excluding steroid dienone is 4. The molecule has 4 atom stereocenters. The molecule has 0 heterocycles. The average molecular weight is 477 g/mol. The topological polar surface area (TPSA) is 69.9 Å². The third kappa shape index (κ3) is 8.93. The van der Waals surface area contributed by atoms with Crippen LogP contribution in [0.5, 0.6) is 0 Å². The Labute approximate surface area is 209 Å². The molecule has 0 radical (unpaired) electrons. The lowest BCUT2D eigenvalue weighted by Gasteiger charge is -2.42. The summed E-state index contributed by atoms with van der Waals surface area (Å²) in [5.41, 5.74) is 3.65. The SMILES string of the molecule is C=C(CC)/C(=C/C=C1\CCCC2(C)C(CCCCC(C)(C)O)CCC12)CC(O)COCCCO. The van der Waals surface area contributed by atoms with Crippen molar-refractivity contribution in [1.82, 2.24) is 0 Å². The first-order chi connectivity index (χ1) is 16.1. The van der Waals surface area contributed by atoms with Gasteiger partial charge in [-0.3, -0.25) is 0 Å². The quantitative estimate of drug-likeness (QED) is 0.186. The molecule has 3 N–H and O–H groups in total. The highest BCUT2D eigenvalue weighted by Crippen LogP contribution is 2.58. The van der Waals surface area contributed by atoms with Crippen LogP contribution in [0.3, 0.4) is 0 Å². The zero-order valence-electron chi connectivity index (χ0n) is 22.5. The monoisotopic (exact) mass is 476 g/mol. The van der Waals surface area contributed by atoms with Crippen molar-refractivity contribution in [3.05, 3.63) is 35.5 Å². The molecule has 2 rings (SSSR count). The lowest BCUT2D eigenvalue weighted by atomic mass is 9.62. The van der Waals surface area contributed by atoms with Gasteiger partial charge in [0.2, 0.25) is 0 Å². The Hall–Kier alpha value is -0.940. The summed E-state index contributed by atoms with van der Waals surface area (Å²) in [5.74, 6) is 1.45. The summed E-state index contributed by atoms with van der Waals surface area (Å²) in [6.45, 7) is 13.6. The van der Waals surface area contributed by atoms with Gasteiger partial charge in [-0.1, -0.05) is 56.6 Å². The number of fused-ring (bicyclic) bond motifs is 1. The van der Waals surface area contributed by atoms with E-state index in [1.54, 1.807) is 5.57 Å². The summed E-state index contributed by atoms with van der Waals surface area (Å²) < 4.78 is 5.49. The van der Waals surface area contributed by atoms with Crippen LogP contribution in [0.1, 0.15) is 105 Å². The molecular weight excluding hydrogens is 424 g/mol. The minimum atomic E-state index is -0.553. The third-order valence-corrected chi connectivity index (χ3v) is 8.34. The molecule has 34 heavy (non-hydrogen) atoms. The first-order valence-corrected chi connectivity index (χ1v) is 13.8. The van der Waals surface area contributed by atoms with Crippen molar-refractivity contribution in [1.29, 1.82) is 0 Å². The zero-order valence-corrected chi connectivity index (χ0v) is 22.5. The molecule has 2 aliphatic rings. The molecule has 0 aliphatic heterocycles. The van der Waals surface area contributed by atoms with Crippen molar-refractivity contribution in [2.45, 2.75) is 116 Å². The van der Waals surface area contributed by atoms with Gasteiger partial charge in [-0.2, -0.15) is 0 Å². The number of ether oxygens (including phenoxy) is 1. The van der Waals surface area contributed by atoms with Crippen molar-refractivity contribution in [2.75, 3.05) is 19.8 Å². The van der Waals surface area contributed by atoms with E-state index in [2.05, 4.69) is 32.6 Å². The Morgan fingerprint density at radius 3 is 2.71 bits per heavy atom. The van der Waals surface area contributed by atoms with E-state index in [0.717, 1.165) is 36.3 Å². The van der Waals surface area contributed by atoms with Gasteiger partial charge in [-0.15, -0.1) is 0 Å². The molecule has 0 aromatic rings. The molecule has 0 aromatic carbocycles. The fourth-order valence-corrected chi connectivity index (χ4v) is 6.23. The largest absolute Gasteiger partial charge is 0.396 e. The fraction of sp³-hybridized carbons (Fsp3) is 0.800. The molecule has 0 bridgehead atoms. The van der Waals surface area contributed by atoms with E-state index in [1.165, 1.54) is 44.9 Å². The maximum Gasteiger partial charge on any atom is 0.0813 e. The predicted molar refractivity (Wildman–Crippen MR) is 142 cm³/mol. The Balaban J connectivity index is 2.02. The Morgan fingerprint density at radius 1 is 1.26 bits per heavy atom. The van der Waals surface area contributed by atoms with Crippen LogP contribution in [0.2, 0.25) is 0 Å². The highest BCUT2D eigenvalue weighted by atomic mass is 16.5. The van der Waals surface area contributed by atoms with E-state index in [1.807, 2.05) is 13.8 Å². The summed E-state index contributed by atoms with van der Waals surface area (Å²) in [6, 6.07) is 0. The van der Waals surface area contributed by atoms with E-state index < -0.39 is 11.7 Å². The molecule has 2 saturated carbocycles. The van der Waals surface area contributed by atoms with Gasteiger partial charge < -0.3 is 20.1 Å². The number of hydrogen-bond donors (Lipinski definition) is 3. The van der Waals surface area contributed by atoms with Crippen molar-refractivity contribution in [2.24, 2.45) is 17.3 Å². The summed E-state index contributed by atoms with van der Waals surface area (Å²) in [5, 5.41) is 29.4. The first kappa shape index (κ1) is 29.3. The highest BCUT2D eigenvalue weighted by molar-refractivity contribution is 5.34. The van der Waals surface area contributed by atoms with Crippen LogP contribution in [0.25, 0.3) is 0 Å². The standard InChI is InChI=1S/C30H52O4/c1-6-23(2)25(21-27(32)22-34-20-10-19-31)14-13-24-11-9-18-30(5)26(15-16-28(24)30)12-7-8-17-29(3,4)33/h13-14,26-28,31-33H,2,6-12,15-22H2,1,3-5H3/b24-13+,25-14+. The second kappa shape index (κ2) is 14.0. The molecule has 4 nitrogen and oxygen atoms in total. The van der Waals surface area contributed by atoms with Crippen molar-refractivity contribution < 1.29 is 20.1 Å². The number of rotatable bonds is 15. The van der Waals surface area contributed by atoms with Gasteiger partial charge in [0.15, 0.2) is 0 Å². The minimum absolute atomic E-state index is 0.114.